The number of nitriles is 1. The summed E-state index contributed by atoms with van der Waals surface area (Å²) in [5.41, 5.74) is -0.197. The van der Waals surface area contributed by atoms with Crippen LogP contribution in [0, 0.1) is 17.1 Å². The van der Waals surface area contributed by atoms with E-state index in [2.05, 4.69) is 26.9 Å². The molecule has 1 aromatic carbocycles. The highest BCUT2D eigenvalue weighted by molar-refractivity contribution is 9.10. The van der Waals surface area contributed by atoms with Gasteiger partial charge in [0.15, 0.2) is 0 Å². The van der Waals surface area contributed by atoms with Gasteiger partial charge in [0, 0.05) is 30.7 Å². The Morgan fingerprint density at radius 1 is 1.33 bits per heavy atom. The van der Waals surface area contributed by atoms with E-state index in [0.29, 0.717) is 36.2 Å². The average Bonchev–Trinajstić information content (AvgIpc) is 2.49. The molecule has 0 radical (unpaired) electrons. The number of nitrogens with zero attached hydrogens (tertiary/aromatic N) is 3. The highest BCUT2D eigenvalue weighted by Crippen LogP contribution is 2.22. The summed E-state index contributed by atoms with van der Waals surface area (Å²) in [6.45, 7) is 6.08. The molecule has 0 aliphatic carbocycles. The maximum Gasteiger partial charge on any atom is 0.255 e. The van der Waals surface area contributed by atoms with E-state index in [1.165, 1.54) is 18.2 Å². The number of piperazine rings is 1. The summed E-state index contributed by atoms with van der Waals surface area (Å²) in [5.74, 6) is -0.610. The van der Waals surface area contributed by atoms with Gasteiger partial charge < -0.3 is 4.90 Å². The van der Waals surface area contributed by atoms with E-state index >= 15 is 0 Å². The SMILES string of the molecule is CC(C)(C#N)N1CCN(C(=O)c2cc(F)ccc2Br)CC1. The molecule has 1 heterocycles. The maximum atomic E-state index is 13.3. The first-order valence-electron chi connectivity index (χ1n) is 6.76. The molecular formula is C15H17BrFN3O. The standard InChI is InChI=1S/C15H17BrFN3O/c1-15(2,10-18)20-7-5-19(6-8-20)14(21)12-9-11(17)3-4-13(12)16/h3-4,9H,5-8H2,1-2H3. The number of benzene rings is 1. The van der Waals surface area contributed by atoms with Crippen LogP contribution in [-0.4, -0.2) is 47.4 Å². The summed E-state index contributed by atoms with van der Waals surface area (Å²) >= 11 is 3.28. The molecule has 6 heteroatoms. The van der Waals surface area contributed by atoms with Crippen molar-refractivity contribution in [3.8, 4) is 6.07 Å². The van der Waals surface area contributed by atoms with Gasteiger partial charge >= 0.3 is 0 Å². The van der Waals surface area contributed by atoms with Crippen molar-refractivity contribution in [2.75, 3.05) is 26.2 Å². The molecule has 1 aliphatic rings. The molecule has 1 aromatic rings. The van der Waals surface area contributed by atoms with Crippen molar-refractivity contribution in [2.45, 2.75) is 19.4 Å². The molecule has 1 aliphatic heterocycles. The van der Waals surface area contributed by atoms with Gasteiger partial charge in [0.1, 0.15) is 11.4 Å². The number of rotatable bonds is 2. The molecule has 112 valence electrons. The first-order chi connectivity index (χ1) is 9.85. The number of amides is 1. The minimum atomic E-state index is -0.533. The van der Waals surface area contributed by atoms with Crippen LogP contribution in [0.4, 0.5) is 4.39 Å². The zero-order valence-corrected chi connectivity index (χ0v) is 13.7. The quantitative estimate of drug-likeness (QED) is 0.820. The summed E-state index contributed by atoms with van der Waals surface area (Å²) in [6, 6.07) is 6.37. The minimum absolute atomic E-state index is 0.184. The third-order valence-corrected chi connectivity index (χ3v) is 4.48. The number of carbonyl (C=O) groups excluding carboxylic acids is 1. The Kier molecular flexibility index (Phi) is 4.64. The van der Waals surface area contributed by atoms with Crippen molar-refractivity contribution in [2.24, 2.45) is 0 Å². The number of hydrogen-bond donors (Lipinski definition) is 0. The molecule has 1 fully saturated rings. The third kappa shape index (κ3) is 3.42. The topological polar surface area (TPSA) is 47.3 Å². The molecule has 0 atom stereocenters. The second kappa shape index (κ2) is 6.12. The van der Waals surface area contributed by atoms with Crippen LogP contribution in [0.5, 0.6) is 0 Å². The summed E-state index contributed by atoms with van der Waals surface area (Å²) < 4.78 is 13.9. The van der Waals surface area contributed by atoms with E-state index in [-0.39, 0.29) is 5.91 Å². The Morgan fingerprint density at radius 2 is 1.95 bits per heavy atom. The van der Waals surface area contributed by atoms with Crippen molar-refractivity contribution in [1.82, 2.24) is 9.80 Å². The van der Waals surface area contributed by atoms with Gasteiger partial charge in [0.25, 0.3) is 5.91 Å². The third-order valence-electron chi connectivity index (χ3n) is 3.79. The predicted molar refractivity (Wildman–Crippen MR) is 81.3 cm³/mol. The van der Waals surface area contributed by atoms with Gasteiger partial charge in [-0.2, -0.15) is 5.26 Å². The maximum absolute atomic E-state index is 13.3. The molecule has 21 heavy (non-hydrogen) atoms. The van der Waals surface area contributed by atoms with Gasteiger partial charge in [-0.05, 0) is 48.0 Å². The Hall–Kier alpha value is -1.45. The van der Waals surface area contributed by atoms with E-state index in [9.17, 15) is 9.18 Å². The van der Waals surface area contributed by atoms with Crippen LogP contribution >= 0.6 is 15.9 Å². The number of carbonyl (C=O) groups is 1. The zero-order chi connectivity index (χ0) is 15.6. The average molecular weight is 354 g/mol. The molecule has 4 nitrogen and oxygen atoms in total. The Labute approximate surface area is 132 Å². The van der Waals surface area contributed by atoms with E-state index in [1.54, 1.807) is 4.90 Å². The van der Waals surface area contributed by atoms with Crippen molar-refractivity contribution in [1.29, 1.82) is 5.26 Å². The van der Waals surface area contributed by atoms with Crippen LogP contribution in [0.1, 0.15) is 24.2 Å². The van der Waals surface area contributed by atoms with Gasteiger partial charge in [-0.3, -0.25) is 9.69 Å². The Balaban J connectivity index is 2.07. The molecule has 0 spiro atoms. The van der Waals surface area contributed by atoms with Crippen LogP contribution in [-0.2, 0) is 0 Å². The van der Waals surface area contributed by atoms with Gasteiger partial charge in [-0.1, -0.05) is 0 Å². The van der Waals surface area contributed by atoms with E-state index in [0.717, 1.165) is 0 Å². The second-order valence-corrected chi connectivity index (χ2v) is 6.43. The van der Waals surface area contributed by atoms with Gasteiger partial charge in [0.05, 0.1) is 11.6 Å². The van der Waals surface area contributed by atoms with Crippen molar-refractivity contribution in [3.63, 3.8) is 0 Å². The van der Waals surface area contributed by atoms with Crippen LogP contribution in [0.15, 0.2) is 22.7 Å². The first kappa shape index (κ1) is 15.9. The fourth-order valence-corrected chi connectivity index (χ4v) is 2.79. The van der Waals surface area contributed by atoms with Crippen LogP contribution < -0.4 is 0 Å². The predicted octanol–water partition coefficient (Wildman–Crippen LogP) is 2.65. The molecule has 1 saturated heterocycles. The van der Waals surface area contributed by atoms with Crippen LogP contribution in [0.2, 0.25) is 0 Å². The Bertz CT molecular complexity index is 589. The smallest absolute Gasteiger partial charge is 0.255 e. The van der Waals surface area contributed by atoms with Crippen molar-refractivity contribution >= 4 is 21.8 Å². The molecule has 0 N–H and O–H groups in total. The van der Waals surface area contributed by atoms with Gasteiger partial charge in [-0.15, -0.1) is 0 Å². The lowest BCUT2D eigenvalue weighted by atomic mass is 10.0. The summed E-state index contributed by atoms with van der Waals surface area (Å²) in [7, 11) is 0. The Morgan fingerprint density at radius 3 is 2.52 bits per heavy atom. The molecule has 0 unspecified atom stereocenters. The lowest BCUT2D eigenvalue weighted by molar-refractivity contribution is 0.0519. The fraction of sp³-hybridized carbons (Fsp3) is 0.467. The molecule has 0 aromatic heterocycles. The van der Waals surface area contributed by atoms with E-state index < -0.39 is 11.4 Å². The van der Waals surface area contributed by atoms with E-state index in [1.807, 2.05) is 13.8 Å². The molecule has 0 bridgehead atoms. The van der Waals surface area contributed by atoms with Crippen molar-refractivity contribution < 1.29 is 9.18 Å². The van der Waals surface area contributed by atoms with Gasteiger partial charge in [-0.25, -0.2) is 4.39 Å². The minimum Gasteiger partial charge on any atom is -0.336 e. The van der Waals surface area contributed by atoms with Crippen molar-refractivity contribution in [3.05, 3.63) is 34.1 Å². The first-order valence-corrected chi connectivity index (χ1v) is 7.55. The highest BCUT2D eigenvalue weighted by Gasteiger charge is 2.31. The largest absolute Gasteiger partial charge is 0.336 e. The lowest BCUT2D eigenvalue weighted by Gasteiger charge is -2.40. The highest BCUT2D eigenvalue weighted by atomic mass is 79.9. The van der Waals surface area contributed by atoms with Crippen LogP contribution in [0.3, 0.4) is 0 Å². The summed E-state index contributed by atoms with van der Waals surface area (Å²) in [6.07, 6.45) is 0. The number of hydrogen-bond acceptors (Lipinski definition) is 3. The second-order valence-electron chi connectivity index (χ2n) is 5.57. The molecule has 2 rings (SSSR count). The monoisotopic (exact) mass is 353 g/mol. The summed E-state index contributed by atoms with van der Waals surface area (Å²) in [4.78, 5) is 16.2. The van der Waals surface area contributed by atoms with E-state index in [4.69, 9.17) is 5.26 Å². The summed E-state index contributed by atoms with van der Waals surface area (Å²) in [5, 5.41) is 9.15. The van der Waals surface area contributed by atoms with Gasteiger partial charge in [0.2, 0.25) is 0 Å². The normalized spacial score (nSPS) is 16.6. The lowest BCUT2D eigenvalue weighted by Crippen LogP contribution is -2.55. The number of halogens is 2. The molecule has 1 amide bonds. The fourth-order valence-electron chi connectivity index (χ4n) is 2.37. The van der Waals surface area contributed by atoms with Crippen LogP contribution in [0.25, 0.3) is 0 Å². The molecular weight excluding hydrogens is 337 g/mol. The molecule has 0 saturated carbocycles. The zero-order valence-electron chi connectivity index (χ0n) is 12.1.